The van der Waals surface area contributed by atoms with Crippen molar-refractivity contribution < 1.29 is 13.6 Å². The number of rotatable bonds is 7. The summed E-state index contributed by atoms with van der Waals surface area (Å²) < 4.78 is 18.9. The van der Waals surface area contributed by atoms with Crippen LogP contribution in [0.1, 0.15) is 0 Å². The average Bonchev–Trinajstić information content (AvgIpc) is 3.01. The molecule has 0 radical (unpaired) electrons. The van der Waals surface area contributed by atoms with Gasteiger partial charge in [0, 0.05) is 27.8 Å². The molecule has 9 heteroatoms. The van der Waals surface area contributed by atoms with Gasteiger partial charge in [-0.3, -0.25) is 4.79 Å². The van der Waals surface area contributed by atoms with E-state index in [1.54, 1.807) is 23.9 Å². The number of hydrogen-bond donors (Lipinski definition) is 1. The second-order valence-electron chi connectivity index (χ2n) is 5.49. The third-order valence-electron chi connectivity index (χ3n) is 3.50. The number of aromatic nitrogens is 2. The molecule has 6 nitrogen and oxygen atoms in total. The van der Waals surface area contributed by atoms with Crippen LogP contribution in [0.3, 0.4) is 0 Å². The molecule has 0 saturated carbocycles. The molecule has 27 heavy (non-hydrogen) atoms. The van der Waals surface area contributed by atoms with Gasteiger partial charge in [-0.1, -0.05) is 11.6 Å². The molecule has 0 aliphatic carbocycles. The second kappa shape index (κ2) is 8.88. The van der Waals surface area contributed by atoms with Gasteiger partial charge in [-0.05, 0) is 48.5 Å². The van der Waals surface area contributed by atoms with Crippen molar-refractivity contribution in [1.29, 1.82) is 0 Å². The lowest BCUT2D eigenvalue weighted by Gasteiger charge is -2.04. The zero-order chi connectivity index (χ0) is 19.2. The van der Waals surface area contributed by atoms with Crippen LogP contribution in [0.5, 0.6) is 0 Å². The van der Waals surface area contributed by atoms with Gasteiger partial charge >= 0.3 is 5.76 Å². The summed E-state index contributed by atoms with van der Waals surface area (Å²) in [5, 5.41) is 7.36. The Balaban J connectivity index is 1.50. The van der Waals surface area contributed by atoms with Gasteiger partial charge < -0.3 is 9.73 Å². The maximum absolute atomic E-state index is 13.0. The lowest BCUT2D eigenvalue weighted by molar-refractivity contribution is -0.121. The highest BCUT2D eigenvalue weighted by Gasteiger charge is 2.13. The lowest BCUT2D eigenvalue weighted by atomic mass is 10.2. The Bertz CT molecular complexity index is 971. The molecule has 0 aliphatic rings. The molecule has 0 unspecified atom stereocenters. The third kappa shape index (κ3) is 5.45. The molecular formula is C18H15ClFN3O3S. The molecule has 0 atom stereocenters. The van der Waals surface area contributed by atoms with Crippen molar-refractivity contribution >= 4 is 29.3 Å². The van der Waals surface area contributed by atoms with Crippen LogP contribution >= 0.6 is 23.4 Å². The quantitative estimate of drug-likeness (QED) is 0.480. The molecule has 0 bridgehead atoms. The number of amides is 1. The van der Waals surface area contributed by atoms with Gasteiger partial charge in [0.15, 0.2) is 0 Å². The maximum atomic E-state index is 13.0. The van der Waals surface area contributed by atoms with E-state index in [1.165, 1.54) is 24.3 Å². The Morgan fingerprint density at radius 2 is 1.89 bits per heavy atom. The second-order valence-corrected chi connectivity index (χ2v) is 7.09. The number of hydrogen-bond acceptors (Lipinski definition) is 5. The van der Waals surface area contributed by atoms with E-state index in [9.17, 15) is 14.0 Å². The highest BCUT2D eigenvalue weighted by Crippen LogP contribution is 2.19. The number of benzene rings is 2. The van der Waals surface area contributed by atoms with Crippen molar-refractivity contribution in [3.63, 3.8) is 0 Å². The van der Waals surface area contributed by atoms with Crippen LogP contribution < -0.4 is 11.1 Å². The number of nitrogens with one attached hydrogen (secondary N) is 1. The first-order valence-corrected chi connectivity index (χ1v) is 9.36. The third-order valence-corrected chi connectivity index (χ3v) is 4.76. The maximum Gasteiger partial charge on any atom is 0.437 e. The van der Waals surface area contributed by atoms with E-state index >= 15 is 0 Å². The summed E-state index contributed by atoms with van der Waals surface area (Å²) in [7, 11) is 0. The van der Waals surface area contributed by atoms with E-state index in [4.69, 9.17) is 16.0 Å². The van der Waals surface area contributed by atoms with Crippen LogP contribution in [-0.2, 0) is 11.3 Å². The molecule has 0 saturated heterocycles. The largest absolute Gasteiger partial charge is 0.437 e. The topological polar surface area (TPSA) is 77.1 Å². The smallest absolute Gasteiger partial charge is 0.388 e. The van der Waals surface area contributed by atoms with Crippen molar-refractivity contribution in [2.75, 3.05) is 12.3 Å². The molecular weight excluding hydrogens is 393 g/mol. The van der Waals surface area contributed by atoms with Crippen molar-refractivity contribution in [3.05, 3.63) is 69.9 Å². The highest BCUT2D eigenvalue weighted by atomic mass is 35.5. The van der Waals surface area contributed by atoms with Gasteiger partial charge in [-0.25, -0.2) is 9.18 Å². The van der Waals surface area contributed by atoms with Gasteiger partial charge in [-0.2, -0.15) is 4.68 Å². The first kappa shape index (κ1) is 19.2. The Hall–Kier alpha value is -2.58. The van der Waals surface area contributed by atoms with Crippen LogP contribution in [0.2, 0.25) is 5.02 Å². The molecule has 1 amide bonds. The zero-order valence-electron chi connectivity index (χ0n) is 14.0. The first-order chi connectivity index (χ1) is 13.0. The fraction of sp³-hybridized carbons (Fsp3) is 0.167. The van der Waals surface area contributed by atoms with E-state index in [0.29, 0.717) is 22.9 Å². The van der Waals surface area contributed by atoms with Crippen LogP contribution in [0.25, 0.3) is 11.5 Å². The summed E-state index contributed by atoms with van der Waals surface area (Å²) in [6.07, 6.45) is 0. The van der Waals surface area contributed by atoms with E-state index < -0.39 is 11.6 Å². The summed E-state index contributed by atoms with van der Waals surface area (Å²) in [5.74, 6) is -0.808. The van der Waals surface area contributed by atoms with Gasteiger partial charge in [0.05, 0.1) is 0 Å². The Labute approximate surface area is 163 Å². The SMILES string of the molecule is O=C(Cn1nc(-c2ccc(F)cc2)oc1=O)NCCSc1ccc(Cl)cc1. The van der Waals surface area contributed by atoms with Crippen LogP contribution in [0.15, 0.2) is 62.6 Å². The van der Waals surface area contributed by atoms with Crippen LogP contribution in [0.4, 0.5) is 4.39 Å². The number of thioether (sulfide) groups is 1. The van der Waals surface area contributed by atoms with Crippen molar-refractivity contribution in [2.45, 2.75) is 11.4 Å². The molecule has 3 aromatic rings. The minimum Gasteiger partial charge on any atom is -0.388 e. The van der Waals surface area contributed by atoms with Crippen LogP contribution in [0, 0.1) is 5.82 Å². The fourth-order valence-corrected chi connectivity index (χ4v) is 3.09. The molecule has 1 aromatic heterocycles. The van der Waals surface area contributed by atoms with E-state index in [-0.39, 0.29) is 18.3 Å². The van der Waals surface area contributed by atoms with Gasteiger partial charge in [0.25, 0.3) is 0 Å². The Morgan fingerprint density at radius 1 is 1.19 bits per heavy atom. The molecule has 2 aromatic carbocycles. The van der Waals surface area contributed by atoms with Crippen LogP contribution in [-0.4, -0.2) is 28.0 Å². The van der Waals surface area contributed by atoms with Crippen molar-refractivity contribution in [2.24, 2.45) is 0 Å². The van der Waals surface area contributed by atoms with E-state index in [0.717, 1.165) is 9.58 Å². The number of carbonyl (C=O) groups is 1. The minimum atomic E-state index is -0.750. The zero-order valence-corrected chi connectivity index (χ0v) is 15.6. The standard InChI is InChI=1S/C18H15ClFN3O3S/c19-13-3-7-15(8-4-13)27-10-9-21-16(24)11-23-18(25)26-17(22-23)12-1-5-14(20)6-2-12/h1-8H,9-11H2,(H,21,24). The predicted octanol–water partition coefficient (Wildman–Crippen LogP) is 3.20. The summed E-state index contributed by atoms with van der Waals surface area (Å²) in [6, 6.07) is 12.8. The Kier molecular flexibility index (Phi) is 6.31. The molecule has 0 fully saturated rings. The number of nitrogens with zero attached hydrogens (tertiary/aromatic N) is 2. The highest BCUT2D eigenvalue weighted by molar-refractivity contribution is 7.99. The monoisotopic (exact) mass is 407 g/mol. The van der Waals surface area contributed by atoms with Crippen molar-refractivity contribution in [3.8, 4) is 11.5 Å². The minimum absolute atomic E-state index is 0.0334. The lowest BCUT2D eigenvalue weighted by Crippen LogP contribution is -2.32. The normalized spacial score (nSPS) is 10.7. The summed E-state index contributed by atoms with van der Waals surface area (Å²) in [6.45, 7) is 0.179. The fourth-order valence-electron chi connectivity index (χ4n) is 2.20. The molecule has 1 N–H and O–H groups in total. The molecule has 0 aliphatic heterocycles. The molecule has 1 heterocycles. The van der Waals surface area contributed by atoms with E-state index in [1.807, 2.05) is 12.1 Å². The molecule has 0 spiro atoms. The number of halogens is 2. The van der Waals surface area contributed by atoms with Crippen molar-refractivity contribution in [1.82, 2.24) is 15.1 Å². The van der Waals surface area contributed by atoms with E-state index in [2.05, 4.69) is 10.4 Å². The first-order valence-electron chi connectivity index (χ1n) is 8.00. The van der Waals surface area contributed by atoms with Gasteiger partial charge in [0.2, 0.25) is 11.8 Å². The Morgan fingerprint density at radius 3 is 2.59 bits per heavy atom. The van der Waals surface area contributed by atoms with Gasteiger partial charge in [0.1, 0.15) is 12.4 Å². The summed E-state index contributed by atoms with van der Waals surface area (Å²) in [4.78, 5) is 24.9. The molecule has 3 rings (SSSR count). The van der Waals surface area contributed by atoms with Gasteiger partial charge in [-0.15, -0.1) is 16.9 Å². The predicted molar refractivity (Wildman–Crippen MR) is 101 cm³/mol. The number of carbonyl (C=O) groups excluding carboxylic acids is 1. The molecule has 140 valence electrons. The summed E-state index contributed by atoms with van der Waals surface area (Å²) >= 11 is 7.40. The average molecular weight is 408 g/mol. The summed E-state index contributed by atoms with van der Waals surface area (Å²) in [5.41, 5.74) is 0.451.